The second-order valence-electron chi connectivity index (χ2n) is 6.92. The number of hydrogen-bond donors (Lipinski definition) is 2. The molecule has 2 aromatic rings. The zero-order valence-electron chi connectivity index (χ0n) is 14.8. The van der Waals surface area contributed by atoms with Gasteiger partial charge in [0.05, 0.1) is 0 Å². The van der Waals surface area contributed by atoms with Crippen LogP contribution in [0.15, 0.2) is 35.7 Å². The third kappa shape index (κ3) is 4.12. The third-order valence-electron chi connectivity index (χ3n) is 5.08. The highest BCUT2D eigenvalue weighted by Crippen LogP contribution is 2.41. The van der Waals surface area contributed by atoms with Crippen molar-refractivity contribution in [3.8, 4) is 0 Å². The Morgan fingerprint density at radius 1 is 1.15 bits per heavy atom. The average Bonchev–Trinajstić information content (AvgIpc) is 3.19. The van der Waals surface area contributed by atoms with Gasteiger partial charge in [-0.1, -0.05) is 31.4 Å². The van der Waals surface area contributed by atoms with E-state index in [1.54, 1.807) is 30.4 Å². The van der Waals surface area contributed by atoms with E-state index >= 15 is 0 Å². The van der Waals surface area contributed by atoms with Crippen molar-refractivity contribution in [3.05, 3.63) is 52.0 Å². The number of nitrogens with one attached hydrogen (secondary N) is 2. The van der Waals surface area contributed by atoms with Crippen LogP contribution in [0.1, 0.15) is 42.5 Å². The molecular formula is C20H23FN2O2S. The Morgan fingerprint density at radius 3 is 2.58 bits per heavy atom. The highest BCUT2D eigenvalue weighted by atomic mass is 32.1. The summed E-state index contributed by atoms with van der Waals surface area (Å²) in [5.41, 5.74) is 0.680. The number of hydrogen-bond acceptors (Lipinski definition) is 3. The van der Waals surface area contributed by atoms with E-state index in [0.717, 1.165) is 25.7 Å². The smallest absolute Gasteiger partial charge is 0.313 e. The second-order valence-corrected chi connectivity index (χ2v) is 7.87. The number of rotatable bonds is 4. The zero-order chi connectivity index (χ0) is 18.6. The number of benzene rings is 1. The molecule has 138 valence electrons. The molecule has 1 aromatic heterocycles. The second kappa shape index (κ2) is 7.99. The predicted octanol–water partition coefficient (Wildman–Crippen LogP) is 4.15. The van der Waals surface area contributed by atoms with Crippen molar-refractivity contribution in [1.29, 1.82) is 0 Å². The Balaban J connectivity index is 1.63. The van der Waals surface area contributed by atoms with Crippen LogP contribution >= 0.6 is 11.3 Å². The fourth-order valence-electron chi connectivity index (χ4n) is 3.51. The van der Waals surface area contributed by atoms with Gasteiger partial charge in [0.1, 0.15) is 5.82 Å². The van der Waals surface area contributed by atoms with Crippen LogP contribution in [-0.4, -0.2) is 18.4 Å². The summed E-state index contributed by atoms with van der Waals surface area (Å²) in [6.07, 6.45) is 5.49. The molecule has 26 heavy (non-hydrogen) atoms. The van der Waals surface area contributed by atoms with Crippen LogP contribution in [0.3, 0.4) is 0 Å². The maximum atomic E-state index is 13.6. The third-order valence-corrected chi connectivity index (χ3v) is 6.19. The summed E-state index contributed by atoms with van der Waals surface area (Å²) in [6, 6.07) is 8.50. The molecule has 0 bridgehead atoms. The van der Waals surface area contributed by atoms with Crippen molar-refractivity contribution in [3.63, 3.8) is 0 Å². The van der Waals surface area contributed by atoms with E-state index < -0.39 is 17.6 Å². The molecule has 1 aliphatic carbocycles. The molecule has 4 nitrogen and oxygen atoms in total. The number of halogens is 1. The minimum Gasteiger partial charge on any atom is -0.347 e. The number of thiophene rings is 1. The van der Waals surface area contributed by atoms with E-state index in [9.17, 15) is 14.0 Å². The lowest BCUT2D eigenvalue weighted by molar-refractivity contribution is -0.136. The lowest BCUT2D eigenvalue weighted by Gasteiger charge is -2.36. The van der Waals surface area contributed by atoms with E-state index in [0.29, 0.717) is 12.1 Å². The Bertz CT molecular complexity index is 783. The van der Waals surface area contributed by atoms with Crippen LogP contribution in [0.2, 0.25) is 0 Å². The number of anilines is 1. The summed E-state index contributed by atoms with van der Waals surface area (Å²) >= 11 is 1.70. The van der Waals surface area contributed by atoms with Crippen molar-refractivity contribution in [2.75, 3.05) is 11.9 Å². The van der Waals surface area contributed by atoms with Gasteiger partial charge in [-0.3, -0.25) is 9.59 Å². The summed E-state index contributed by atoms with van der Waals surface area (Å²) < 4.78 is 13.6. The first-order chi connectivity index (χ1) is 12.5. The van der Waals surface area contributed by atoms with E-state index in [1.165, 1.54) is 17.4 Å². The Labute approximate surface area is 156 Å². The first kappa shape index (κ1) is 18.6. The summed E-state index contributed by atoms with van der Waals surface area (Å²) in [6.45, 7) is 2.09. The van der Waals surface area contributed by atoms with Crippen LogP contribution in [-0.2, 0) is 15.0 Å². The Hall–Kier alpha value is -2.21. The molecule has 0 atom stereocenters. The summed E-state index contributed by atoms with van der Waals surface area (Å²) in [5, 5.41) is 7.29. The molecule has 0 aliphatic heterocycles. The minimum absolute atomic E-state index is 0.0850. The largest absolute Gasteiger partial charge is 0.347 e. The quantitative estimate of drug-likeness (QED) is 0.790. The monoisotopic (exact) mass is 374 g/mol. The minimum atomic E-state index is -0.773. The average molecular weight is 374 g/mol. The van der Waals surface area contributed by atoms with E-state index in [2.05, 4.69) is 16.7 Å². The number of carbonyl (C=O) groups is 2. The van der Waals surface area contributed by atoms with Gasteiger partial charge in [-0.15, -0.1) is 11.3 Å². The topological polar surface area (TPSA) is 58.2 Å². The van der Waals surface area contributed by atoms with Crippen molar-refractivity contribution in [2.24, 2.45) is 0 Å². The van der Waals surface area contributed by atoms with Crippen molar-refractivity contribution < 1.29 is 14.0 Å². The molecule has 1 aromatic carbocycles. The summed E-state index contributed by atoms with van der Waals surface area (Å²) in [7, 11) is 0. The standard InChI is InChI=1S/C20H23FN2O2S/c1-14-7-8-15(12-16(14)21)23-19(25)18(24)22-13-20(9-3-2-4-10-20)17-6-5-11-26-17/h5-8,11-12H,2-4,9-10,13H2,1H3,(H,22,24)(H,23,25). The van der Waals surface area contributed by atoms with Crippen molar-refractivity contribution in [2.45, 2.75) is 44.4 Å². The van der Waals surface area contributed by atoms with Crippen LogP contribution in [0, 0.1) is 12.7 Å². The normalized spacial score (nSPS) is 16.1. The summed E-state index contributed by atoms with van der Waals surface area (Å²) in [4.78, 5) is 25.6. The molecular weight excluding hydrogens is 351 g/mol. The van der Waals surface area contributed by atoms with Gasteiger partial charge in [0.25, 0.3) is 0 Å². The van der Waals surface area contributed by atoms with Gasteiger partial charge in [0.2, 0.25) is 0 Å². The summed E-state index contributed by atoms with van der Waals surface area (Å²) in [5.74, 6) is -1.88. The molecule has 0 spiro atoms. The highest BCUT2D eigenvalue weighted by Gasteiger charge is 2.35. The van der Waals surface area contributed by atoms with Crippen LogP contribution < -0.4 is 10.6 Å². The first-order valence-electron chi connectivity index (χ1n) is 8.89. The molecule has 2 N–H and O–H groups in total. The van der Waals surface area contributed by atoms with Crippen LogP contribution in [0.5, 0.6) is 0 Å². The number of aryl methyl sites for hydroxylation is 1. The van der Waals surface area contributed by atoms with Gasteiger partial charge in [-0.25, -0.2) is 4.39 Å². The van der Waals surface area contributed by atoms with E-state index in [-0.39, 0.29) is 11.1 Å². The zero-order valence-corrected chi connectivity index (χ0v) is 15.6. The van der Waals surface area contributed by atoms with Crippen molar-refractivity contribution in [1.82, 2.24) is 5.32 Å². The van der Waals surface area contributed by atoms with E-state index in [4.69, 9.17) is 0 Å². The number of carbonyl (C=O) groups excluding carboxylic acids is 2. The maximum Gasteiger partial charge on any atom is 0.313 e. The van der Waals surface area contributed by atoms with Gasteiger partial charge in [0, 0.05) is 22.5 Å². The lowest BCUT2D eigenvalue weighted by atomic mass is 9.73. The molecule has 1 fully saturated rings. The van der Waals surface area contributed by atoms with Gasteiger partial charge in [0.15, 0.2) is 0 Å². The van der Waals surface area contributed by atoms with E-state index in [1.807, 2.05) is 11.4 Å². The molecule has 1 heterocycles. The molecule has 0 saturated heterocycles. The van der Waals surface area contributed by atoms with Gasteiger partial charge < -0.3 is 10.6 Å². The van der Waals surface area contributed by atoms with Crippen LogP contribution in [0.25, 0.3) is 0 Å². The molecule has 3 rings (SSSR count). The lowest BCUT2D eigenvalue weighted by Crippen LogP contribution is -2.45. The molecule has 1 saturated carbocycles. The molecule has 1 aliphatic rings. The predicted molar refractivity (Wildman–Crippen MR) is 102 cm³/mol. The van der Waals surface area contributed by atoms with Crippen LogP contribution in [0.4, 0.5) is 10.1 Å². The van der Waals surface area contributed by atoms with Gasteiger partial charge in [-0.05, 0) is 48.9 Å². The van der Waals surface area contributed by atoms with Crippen molar-refractivity contribution >= 4 is 28.8 Å². The van der Waals surface area contributed by atoms with Gasteiger partial charge in [-0.2, -0.15) is 0 Å². The number of amides is 2. The Kier molecular flexibility index (Phi) is 5.71. The fourth-order valence-corrected chi connectivity index (χ4v) is 4.49. The molecule has 0 radical (unpaired) electrons. The molecule has 2 amide bonds. The fraction of sp³-hybridized carbons (Fsp3) is 0.400. The molecule has 0 unspecified atom stereocenters. The Morgan fingerprint density at radius 2 is 1.92 bits per heavy atom. The van der Waals surface area contributed by atoms with Gasteiger partial charge >= 0.3 is 11.8 Å². The molecule has 6 heteroatoms. The maximum absolute atomic E-state index is 13.6. The first-order valence-corrected chi connectivity index (χ1v) is 9.77. The SMILES string of the molecule is Cc1ccc(NC(=O)C(=O)NCC2(c3cccs3)CCCCC2)cc1F. The highest BCUT2D eigenvalue weighted by molar-refractivity contribution is 7.10.